The van der Waals surface area contributed by atoms with Gasteiger partial charge in [-0.1, -0.05) is 12.1 Å². The number of hydrogen-bond acceptors (Lipinski definition) is 5. The molecular weight excluding hydrogens is 410 g/mol. The summed E-state index contributed by atoms with van der Waals surface area (Å²) in [5, 5.41) is 5.61. The number of anilines is 1. The van der Waals surface area contributed by atoms with Crippen LogP contribution >= 0.6 is 11.3 Å². The molecule has 0 aliphatic rings. The Bertz CT molecular complexity index is 1060. The Balaban J connectivity index is 1.56. The summed E-state index contributed by atoms with van der Waals surface area (Å²) in [6, 6.07) is 13.5. The van der Waals surface area contributed by atoms with Crippen LogP contribution in [0.5, 0.6) is 5.75 Å². The van der Waals surface area contributed by atoms with Crippen molar-refractivity contribution in [3.05, 3.63) is 64.7 Å². The van der Waals surface area contributed by atoms with E-state index in [1.165, 1.54) is 16.2 Å². The number of rotatable bonds is 8. The van der Waals surface area contributed by atoms with Gasteiger partial charge in [-0.05, 0) is 62.2 Å². The molecule has 0 atom stereocenters. The molecule has 0 saturated carbocycles. The lowest BCUT2D eigenvalue weighted by Crippen LogP contribution is -2.36. The molecule has 1 aromatic heterocycles. The van der Waals surface area contributed by atoms with E-state index in [9.17, 15) is 9.59 Å². The van der Waals surface area contributed by atoms with E-state index in [4.69, 9.17) is 4.74 Å². The van der Waals surface area contributed by atoms with Gasteiger partial charge in [0.05, 0.1) is 25.3 Å². The third-order valence-corrected chi connectivity index (χ3v) is 5.92. The van der Waals surface area contributed by atoms with Crippen LogP contribution in [0.4, 0.5) is 5.69 Å². The fraction of sp³-hybridized carbons (Fsp3) is 0.292. The number of carbonyl (C=O) groups is 2. The third-order valence-electron chi connectivity index (χ3n) is 4.98. The third kappa shape index (κ3) is 5.92. The Labute approximate surface area is 186 Å². The van der Waals surface area contributed by atoms with Gasteiger partial charge in [-0.15, -0.1) is 11.3 Å². The van der Waals surface area contributed by atoms with Gasteiger partial charge >= 0.3 is 0 Å². The van der Waals surface area contributed by atoms with Gasteiger partial charge in [0.1, 0.15) is 10.8 Å². The minimum Gasteiger partial charge on any atom is -0.494 e. The molecule has 0 bridgehead atoms. The van der Waals surface area contributed by atoms with Crippen molar-refractivity contribution >= 4 is 28.8 Å². The minimum absolute atomic E-state index is 0.0118. The maximum atomic E-state index is 12.6. The lowest BCUT2D eigenvalue weighted by molar-refractivity contribution is -0.132. The number of nitrogens with one attached hydrogen (secondary N) is 1. The summed E-state index contributed by atoms with van der Waals surface area (Å²) >= 11 is 1.49. The molecule has 6 nitrogen and oxygen atoms in total. The molecule has 2 aromatic carbocycles. The van der Waals surface area contributed by atoms with Crippen LogP contribution in [-0.4, -0.2) is 41.9 Å². The molecule has 0 spiro atoms. The number of benzene rings is 2. The Kier molecular flexibility index (Phi) is 7.41. The smallest absolute Gasteiger partial charge is 0.243 e. The van der Waals surface area contributed by atoms with Gasteiger partial charge in [0.25, 0.3) is 0 Å². The number of aromatic nitrogens is 1. The van der Waals surface area contributed by atoms with Gasteiger partial charge in [-0.3, -0.25) is 9.59 Å². The molecule has 1 N–H and O–H groups in total. The zero-order valence-corrected chi connectivity index (χ0v) is 19.1. The topological polar surface area (TPSA) is 71.5 Å². The highest BCUT2D eigenvalue weighted by Crippen LogP contribution is 2.26. The molecule has 0 fully saturated rings. The highest BCUT2D eigenvalue weighted by molar-refractivity contribution is 7.13. The Hall–Kier alpha value is -3.19. The summed E-state index contributed by atoms with van der Waals surface area (Å²) in [6.07, 6.45) is 0.154. The Morgan fingerprint density at radius 2 is 1.87 bits per heavy atom. The van der Waals surface area contributed by atoms with E-state index in [-0.39, 0.29) is 24.8 Å². The summed E-state index contributed by atoms with van der Waals surface area (Å²) < 4.78 is 5.46. The van der Waals surface area contributed by atoms with E-state index in [0.717, 1.165) is 33.1 Å². The first-order valence-corrected chi connectivity index (χ1v) is 11.0. The summed E-state index contributed by atoms with van der Waals surface area (Å²) in [5.41, 5.74) is 4.57. The predicted molar refractivity (Wildman–Crippen MR) is 125 cm³/mol. The average Bonchev–Trinajstić information content (AvgIpc) is 3.20. The number of likely N-dealkylation sites (N-methyl/N-ethyl adjacent to an activating group) is 1. The molecule has 162 valence electrons. The fourth-order valence-corrected chi connectivity index (χ4v) is 3.88. The van der Waals surface area contributed by atoms with Crippen LogP contribution in [0.15, 0.2) is 47.8 Å². The molecule has 0 aliphatic heterocycles. The van der Waals surface area contributed by atoms with Crippen LogP contribution in [0, 0.1) is 13.8 Å². The Morgan fingerprint density at radius 1 is 1.13 bits per heavy atom. The highest BCUT2D eigenvalue weighted by atomic mass is 32.1. The second kappa shape index (κ2) is 10.2. The van der Waals surface area contributed by atoms with E-state index >= 15 is 0 Å². The van der Waals surface area contributed by atoms with Gasteiger partial charge in [0.15, 0.2) is 0 Å². The molecule has 3 aromatic rings. The van der Waals surface area contributed by atoms with Crippen molar-refractivity contribution in [2.75, 3.05) is 25.5 Å². The summed E-state index contributed by atoms with van der Waals surface area (Å²) in [5.74, 6) is 0.441. The Morgan fingerprint density at radius 3 is 2.58 bits per heavy atom. The number of nitrogens with zero attached hydrogens (tertiary/aromatic N) is 2. The largest absolute Gasteiger partial charge is 0.494 e. The number of amides is 2. The minimum atomic E-state index is -0.224. The van der Waals surface area contributed by atoms with Gasteiger partial charge in [0, 0.05) is 23.7 Å². The molecule has 0 aliphatic carbocycles. The van der Waals surface area contributed by atoms with Crippen molar-refractivity contribution in [2.24, 2.45) is 0 Å². The first kappa shape index (κ1) is 22.5. The van der Waals surface area contributed by atoms with E-state index in [2.05, 4.69) is 10.3 Å². The van der Waals surface area contributed by atoms with Gasteiger partial charge in [0.2, 0.25) is 11.8 Å². The second-order valence-electron chi connectivity index (χ2n) is 7.32. The van der Waals surface area contributed by atoms with Crippen LogP contribution in [0.3, 0.4) is 0 Å². The van der Waals surface area contributed by atoms with Gasteiger partial charge in [-0.2, -0.15) is 0 Å². The highest BCUT2D eigenvalue weighted by Gasteiger charge is 2.16. The molecule has 1 heterocycles. The molecule has 0 saturated heterocycles. The van der Waals surface area contributed by atoms with E-state index in [1.807, 2.05) is 68.6 Å². The van der Waals surface area contributed by atoms with E-state index in [0.29, 0.717) is 12.3 Å². The molecule has 0 unspecified atom stereocenters. The van der Waals surface area contributed by atoms with Crippen molar-refractivity contribution in [2.45, 2.75) is 27.2 Å². The number of aryl methyl sites for hydroxylation is 1. The quantitative estimate of drug-likeness (QED) is 0.565. The van der Waals surface area contributed by atoms with E-state index in [1.54, 1.807) is 7.05 Å². The van der Waals surface area contributed by atoms with Gasteiger partial charge < -0.3 is 15.0 Å². The molecule has 3 rings (SSSR count). The normalized spacial score (nSPS) is 10.6. The van der Waals surface area contributed by atoms with Gasteiger partial charge in [-0.25, -0.2) is 4.98 Å². The maximum Gasteiger partial charge on any atom is 0.243 e. The summed E-state index contributed by atoms with van der Waals surface area (Å²) in [6.45, 7) is 6.52. The maximum absolute atomic E-state index is 12.6. The van der Waals surface area contributed by atoms with E-state index < -0.39 is 0 Å². The van der Waals surface area contributed by atoms with Crippen molar-refractivity contribution in [3.63, 3.8) is 0 Å². The van der Waals surface area contributed by atoms with Crippen molar-refractivity contribution in [1.82, 2.24) is 9.88 Å². The van der Waals surface area contributed by atoms with Crippen molar-refractivity contribution in [3.8, 4) is 16.3 Å². The first-order chi connectivity index (χ1) is 14.9. The SMILES string of the molecule is CCOc1ccc(-c2nc(CC(=O)N(C)CC(=O)Nc3cccc(C)c3C)cs2)cc1. The van der Waals surface area contributed by atoms with Crippen LogP contribution in [-0.2, 0) is 16.0 Å². The number of carbonyl (C=O) groups excluding carboxylic acids is 2. The zero-order valence-electron chi connectivity index (χ0n) is 18.3. The average molecular weight is 438 g/mol. The monoisotopic (exact) mass is 437 g/mol. The fourth-order valence-electron chi connectivity index (χ4n) is 3.05. The number of ether oxygens (including phenoxy) is 1. The molecule has 0 radical (unpaired) electrons. The first-order valence-electron chi connectivity index (χ1n) is 10.1. The molecular formula is C24H27N3O3S. The van der Waals surface area contributed by atoms with Crippen molar-refractivity contribution < 1.29 is 14.3 Å². The summed E-state index contributed by atoms with van der Waals surface area (Å²) in [7, 11) is 1.63. The second-order valence-corrected chi connectivity index (χ2v) is 8.18. The number of thiazole rings is 1. The number of hydrogen-bond donors (Lipinski definition) is 1. The van der Waals surface area contributed by atoms with Crippen LogP contribution in [0.25, 0.3) is 10.6 Å². The predicted octanol–water partition coefficient (Wildman–Crippen LogP) is 4.47. The van der Waals surface area contributed by atoms with Crippen LogP contribution in [0.2, 0.25) is 0 Å². The van der Waals surface area contributed by atoms with Crippen molar-refractivity contribution in [1.29, 1.82) is 0 Å². The molecule has 31 heavy (non-hydrogen) atoms. The lowest BCUT2D eigenvalue weighted by Gasteiger charge is -2.17. The summed E-state index contributed by atoms with van der Waals surface area (Å²) in [4.78, 5) is 31.0. The van der Waals surface area contributed by atoms with Crippen LogP contribution < -0.4 is 10.1 Å². The molecule has 7 heteroatoms. The van der Waals surface area contributed by atoms with Crippen LogP contribution in [0.1, 0.15) is 23.7 Å². The molecule has 2 amide bonds. The zero-order chi connectivity index (χ0) is 22.4. The standard InChI is InChI=1S/C24H27N3O3S/c1-5-30-20-11-9-18(10-12-20)24-25-19(15-31-24)13-23(29)27(4)14-22(28)26-21-8-6-7-16(2)17(21)3/h6-12,15H,5,13-14H2,1-4H3,(H,26,28). The lowest BCUT2D eigenvalue weighted by atomic mass is 10.1.